The van der Waals surface area contributed by atoms with Crippen molar-refractivity contribution in [3.8, 4) is 5.88 Å². The fourth-order valence-electron chi connectivity index (χ4n) is 1.91. The van der Waals surface area contributed by atoms with Crippen molar-refractivity contribution < 1.29 is 4.74 Å². The van der Waals surface area contributed by atoms with Gasteiger partial charge < -0.3 is 9.64 Å². The quantitative estimate of drug-likeness (QED) is 0.806. The number of hydrogen-bond donors (Lipinski definition) is 0. The highest BCUT2D eigenvalue weighted by Gasteiger charge is 2.16. The smallest absolute Gasteiger partial charge is 0.237 e. The summed E-state index contributed by atoms with van der Waals surface area (Å²) in [7, 11) is 2.06. The normalized spacial score (nSPS) is 16.6. The number of ether oxygens (including phenoxy) is 1. The molecule has 0 saturated heterocycles. The second-order valence-electron chi connectivity index (χ2n) is 4.65. The maximum atomic E-state index is 5.65. The third-order valence-corrected chi connectivity index (χ3v) is 3.46. The van der Waals surface area contributed by atoms with Crippen molar-refractivity contribution in [3.63, 3.8) is 0 Å². The van der Waals surface area contributed by atoms with E-state index in [1.165, 1.54) is 0 Å². The molecule has 0 saturated carbocycles. The molecule has 94 valence electrons. The van der Waals surface area contributed by atoms with Crippen LogP contribution in [0.5, 0.6) is 5.88 Å². The van der Waals surface area contributed by atoms with E-state index < -0.39 is 0 Å². The van der Waals surface area contributed by atoms with Crippen LogP contribution in [0.4, 0.5) is 5.82 Å². The first-order chi connectivity index (χ1) is 8.22. The van der Waals surface area contributed by atoms with Crippen molar-refractivity contribution in [2.45, 2.75) is 45.6 Å². The van der Waals surface area contributed by atoms with Crippen LogP contribution in [0.25, 0.3) is 0 Å². The van der Waals surface area contributed by atoms with E-state index in [-0.39, 0.29) is 0 Å². The Kier molecular flexibility index (Phi) is 3.82. The van der Waals surface area contributed by atoms with Crippen molar-refractivity contribution >= 4 is 5.82 Å². The third kappa shape index (κ3) is 2.68. The second kappa shape index (κ2) is 5.34. The first-order valence-corrected chi connectivity index (χ1v) is 6.44. The number of anilines is 1. The molecule has 1 unspecified atom stereocenters. The Hall–Kier alpha value is -1.32. The Morgan fingerprint density at radius 3 is 3.06 bits per heavy atom. The maximum absolute atomic E-state index is 5.65. The fourth-order valence-corrected chi connectivity index (χ4v) is 1.91. The van der Waals surface area contributed by atoms with Crippen LogP contribution in [0.2, 0.25) is 0 Å². The molecule has 1 aliphatic heterocycles. The van der Waals surface area contributed by atoms with Crippen molar-refractivity contribution in [2.24, 2.45) is 0 Å². The minimum Gasteiger partial charge on any atom is -0.476 e. The molecule has 0 N–H and O–H groups in total. The van der Waals surface area contributed by atoms with Gasteiger partial charge in [0.15, 0.2) is 5.82 Å². The van der Waals surface area contributed by atoms with E-state index in [0.717, 1.165) is 49.7 Å². The van der Waals surface area contributed by atoms with E-state index in [2.05, 4.69) is 35.8 Å². The van der Waals surface area contributed by atoms with E-state index in [1.54, 1.807) is 0 Å². The highest BCUT2D eigenvalue weighted by atomic mass is 16.5. The monoisotopic (exact) mass is 235 g/mol. The molecule has 2 rings (SSSR count). The minimum absolute atomic E-state index is 0.466. The van der Waals surface area contributed by atoms with Gasteiger partial charge in [-0.15, -0.1) is 0 Å². The number of rotatable bonds is 3. The van der Waals surface area contributed by atoms with Gasteiger partial charge in [-0.2, -0.15) is 4.98 Å². The van der Waals surface area contributed by atoms with Crippen molar-refractivity contribution in [2.75, 3.05) is 18.6 Å². The molecule has 1 atom stereocenters. The summed E-state index contributed by atoms with van der Waals surface area (Å²) in [4.78, 5) is 11.2. The number of aromatic nitrogens is 2. The summed E-state index contributed by atoms with van der Waals surface area (Å²) in [6.45, 7) is 5.13. The summed E-state index contributed by atoms with van der Waals surface area (Å²) in [5.74, 6) is 1.63. The van der Waals surface area contributed by atoms with Crippen molar-refractivity contribution in [3.05, 3.63) is 11.9 Å². The largest absolute Gasteiger partial charge is 0.476 e. The Bertz CT molecular complexity index is 381. The van der Waals surface area contributed by atoms with Crippen LogP contribution in [-0.4, -0.2) is 29.7 Å². The Morgan fingerprint density at radius 1 is 1.47 bits per heavy atom. The number of hydrogen-bond acceptors (Lipinski definition) is 4. The third-order valence-electron chi connectivity index (χ3n) is 3.46. The molecule has 2 heterocycles. The van der Waals surface area contributed by atoms with Crippen molar-refractivity contribution in [1.82, 2.24) is 9.97 Å². The highest BCUT2D eigenvalue weighted by Crippen LogP contribution is 2.23. The summed E-state index contributed by atoms with van der Waals surface area (Å²) < 4.78 is 5.65. The molecule has 0 aliphatic carbocycles. The molecule has 0 amide bonds. The zero-order chi connectivity index (χ0) is 12.3. The highest BCUT2D eigenvalue weighted by molar-refractivity contribution is 5.40. The van der Waals surface area contributed by atoms with E-state index in [4.69, 9.17) is 4.74 Å². The van der Waals surface area contributed by atoms with Crippen LogP contribution in [0.1, 0.15) is 38.8 Å². The molecular weight excluding hydrogens is 214 g/mol. The standard InChI is InChI=1S/C13H21N3O/c1-4-10(2)16(3)12-9-14-11-7-5-6-8-17-13(11)15-12/h9-10H,4-8H2,1-3H3. The van der Waals surface area contributed by atoms with Crippen LogP contribution in [-0.2, 0) is 6.42 Å². The lowest BCUT2D eigenvalue weighted by molar-refractivity contribution is 0.304. The van der Waals surface area contributed by atoms with Gasteiger partial charge in [0.2, 0.25) is 5.88 Å². The topological polar surface area (TPSA) is 38.2 Å². The van der Waals surface area contributed by atoms with Gasteiger partial charge in [0.05, 0.1) is 12.8 Å². The van der Waals surface area contributed by atoms with Crippen LogP contribution in [0.3, 0.4) is 0 Å². The molecule has 1 aliphatic rings. The predicted octanol–water partition coefficient (Wildman–Crippen LogP) is 2.43. The van der Waals surface area contributed by atoms with Crippen molar-refractivity contribution in [1.29, 1.82) is 0 Å². The summed E-state index contributed by atoms with van der Waals surface area (Å²) in [5, 5.41) is 0. The molecule has 0 aromatic carbocycles. The average Bonchev–Trinajstić information content (AvgIpc) is 2.61. The lowest BCUT2D eigenvalue weighted by Gasteiger charge is -2.25. The van der Waals surface area contributed by atoms with E-state index in [0.29, 0.717) is 6.04 Å². The molecule has 4 nitrogen and oxygen atoms in total. The number of aryl methyl sites for hydroxylation is 1. The zero-order valence-electron chi connectivity index (χ0n) is 10.9. The molecule has 0 bridgehead atoms. The van der Waals surface area contributed by atoms with Gasteiger partial charge in [-0.05, 0) is 32.6 Å². The summed E-state index contributed by atoms with van der Waals surface area (Å²) >= 11 is 0. The Labute approximate surface area is 103 Å². The lowest BCUT2D eigenvalue weighted by atomic mass is 10.2. The second-order valence-corrected chi connectivity index (χ2v) is 4.65. The van der Waals surface area contributed by atoms with Crippen LogP contribution in [0, 0.1) is 0 Å². The van der Waals surface area contributed by atoms with E-state index >= 15 is 0 Å². The van der Waals surface area contributed by atoms with Gasteiger partial charge in [-0.25, -0.2) is 0 Å². The van der Waals surface area contributed by atoms with E-state index in [1.807, 2.05) is 6.20 Å². The van der Waals surface area contributed by atoms with Crippen LogP contribution >= 0.6 is 0 Å². The van der Waals surface area contributed by atoms with Gasteiger partial charge in [0.1, 0.15) is 5.69 Å². The maximum Gasteiger partial charge on any atom is 0.237 e. The summed E-state index contributed by atoms with van der Waals surface area (Å²) in [6.07, 6.45) is 6.17. The number of fused-ring (bicyclic) bond motifs is 1. The first kappa shape index (κ1) is 12.1. The van der Waals surface area contributed by atoms with E-state index in [9.17, 15) is 0 Å². The van der Waals surface area contributed by atoms with Gasteiger partial charge in [-0.1, -0.05) is 6.92 Å². The Morgan fingerprint density at radius 2 is 2.29 bits per heavy atom. The lowest BCUT2D eigenvalue weighted by Crippen LogP contribution is -2.29. The SMILES string of the molecule is CCC(C)N(C)c1cnc2c(n1)OCCCC2. The van der Waals surface area contributed by atoms with Crippen LogP contribution in [0.15, 0.2) is 6.20 Å². The average molecular weight is 235 g/mol. The summed E-state index contributed by atoms with van der Waals surface area (Å²) in [6, 6.07) is 0.466. The first-order valence-electron chi connectivity index (χ1n) is 6.44. The van der Waals surface area contributed by atoms with Crippen LogP contribution < -0.4 is 9.64 Å². The predicted molar refractivity (Wildman–Crippen MR) is 68.6 cm³/mol. The Balaban J connectivity index is 2.23. The van der Waals surface area contributed by atoms with Gasteiger partial charge in [0, 0.05) is 13.1 Å². The van der Waals surface area contributed by atoms with Gasteiger partial charge in [0.25, 0.3) is 0 Å². The number of nitrogens with zero attached hydrogens (tertiary/aromatic N) is 3. The molecule has 4 heteroatoms. The molecule has 1 aromatic rings. The minimum atomic E-state index is 0.466. The molecule has 17 heavy (non-hydrogen) atoms. The molecule has 0 radical (unpaired) electrons. The molecule has 0 spiro atoms. The van der Waals surface area contributed by atoms with Gasteiger partial charge in [-0.3, -0.25) is 4.98 Å². The molecule has 0 fully saturated rings. The molecule has 1 aromatic heterocycles. The fraction of sp³-hybridized carbons (Fsp3) is 0.692. The molecular formula is C13H21N3O. The van der Waals surface area contributed by atoms with Gasteiger partial charge >= 0.3 is 0 Å². The zero-order valence-corrected chi connectivity index (χ0v) is 10.9. The summed E-state index contributed by atoms with van der Waals surface area (Å²) in [5.41, 5.74) is 1.00.